The maximum absolute atomic E-state index is 12.6. The summed E-state index contributed by atoms with van der Waals surface area (Å²) >= 11 is 0. The second kappa shape index (κ2) is 7.49. The van der Waals surface area contributed by atoms with Crippen molar-refractivity contribution >= 4 is 43.1 Å². The first-order valence-electron chi connectivity index (χ1n) is 13.3. The summed E-state index contributed by atoms with van der Waals surface area (Å²) in [4.78, 5) is 37.2. The van der Waals surface area contributed by atoms with Gasteiger partial charge in [0.25, 0.3) is 0 Å². The first kappa shape index (κ1) is 24.3. The van der Waals surface area contributed by atoms with E-state index in [4.69, 9.17) is 17.7 Å². The largest absolute Gasteiger partial charge is 0.436 e. The van der Waals surface area contributed by atoms with E-state index in [0.717, 1.165) is 25.7 Å². The highest BCUT2D eigenvalue weighted by molar-refractivity contribution is 6.88. The van der Waals surface area contributed by atoms with E-state index in [9.17, 15) is 14.4 Å². The van der Waals surface area contributed by atoms with Crippen molar-refractivity contribution in [1.82, 2.24) is 0 Å². The van der Waals surface area contributed by atoms with Crippen molar-refractivity contribution in [2.75, 3.05) is 0 Å². The fourth-order valence-electron chi connectivity index (χ4n) is 9.70. The Morgan fingerprint density at radius 1 is 0.657 bits per heavy atom. The van der Waals surface area contributed by atoms with Gasteiger partial charge in [0.15, 0.2) is 16.6 Å². The van der Waals surface area contributed by atoms with Gasteiger partial charge in [-0.1, -0.05) is 6.58 Å². The summed E-state index contributed by atoms with van der Waals surface area (Å²) < 4.78 is 24.5. The smallest absolute Gasteiger partial charge is 0.317 e. The summed E-state index contributed by atoms with van der Waals surface area (Å²) in [5.74, 6) is 0.936. The van der Waals surface area contributed by atoms with Crippen molar-refractivity contribution < 1.29 is 32.1 Å². The molecule has 4 bridgehead atoms. The molecule has 0 aromatic rings. The van der Waals surface area contributed by atoms with Crippen LogP contribution in [0.2, 0.25) is 50.4 Å². The molecule has 0 radical (unpaired) electrons. The molecule has 0 N–H and O–H groups in total. The van der Waals surface area contributed by atoms with Gasteiger partial charge in [0.2, 0.25) is 0 Å². The van der Waals surface area contributed by atoms with Gasteiger partial charge in [0, 0.05) is 5.92 Å². The molecule has 192 valence electrons. The maximum atomic E-state index is 12.6. The van der Waals surface area contributed by atoms with E-state index in [-0.39, 0.29) is 53.4 Å². The number of cyclic esters (lactones) is 3. The lowest BCUT2D eigenvalue weighted by atomic mass is 9.80. The van der Waals surface area contributed by atoms with Crippen molar-refractivity contribution in [3.05, 3.63) is 12.3 Å². The molecule has 10 atom stereocenters. The van der Waals surface area contributed by atoms with Crippen LogP contribution in [0.25, 0.3) is 0 Å². The highest BCUT2D eigenvalue weighted by Crippen LogP contribution is 2.66. The molecule has 6 rings (SSSR count). The summed E-state index contributed by atoms with van der Waals surface area (Å²) in [6.45, 7) is 17.5. The lowest BCUT2D eigenvalue weighted by molar-refractivity contribution is -0.154. The molecule has 0 amide bonds. The van der Waals surface area contributed by atoms with Gasteiger partial charge in [-0.3, -0.25) is 14.4 Å². The zero-order chi connectivity index (χ0) is 25.2. The van der Waals surface area contributed by atoms with Crippen LogP contribution >= 0.6 is 0 Å². The summed E-state index contributed by atoms with van der Waals surface area (Å²) in [5.41, 5.74) is 0.768. The average molecular weight is 535 g/mol. The Morgan fingerprint density at radius 2 is 1.09 bits per heavy atom. The topological polar surface area (TPSA) is 88.1 Å². The number of carbonyl (C=O) groups excluding carboxylic acids is 3. The van der Waals surface area contributed by atoms with Gasteiger partial charge in [-0.2, -0.15) is 0 Å². The number of esters is 3. The van der Waals surface area contributed by atoms with Crippen molar-refractivity contribution in [3.63, 3.8) is 0 Å². The van der Waals surface area contributed by atoms with Crippen LogP contribution in [0.1, 0.15) is 25.7 Å². The van der Waals surface area contributed by atoms with Gasteiger partial charge in [-0.15, -0.1) is 0 Å². The standard InChI is InChI=1S/C25H38O7Si3/c1-12-19-13-8-15(21(19)24(27)29-12)17(10-13)33(2,3)31-35(6,7)32-34(4,5)18-11-14-9-16(18)22-20(14)23(26)30-25(22)28/h13-22H,1,8-11H2,2-7H3. The van der Waals surface area contributed by atoms with Crippen molar-refractivity contribution in [2.45, 2.75) is 76.0 Å². The van der Waals surface area contributed by atoms with E-state index in [0.29, 0.717) is 28.7 Å². The lowest BCUT2D eigenvalue weighted by Gasteiger charge is -2.46. The monoisotopic (exact) mass is 534 g/mol. The normalized spacial score (nSPS) is 44.2. The van der Waals surface area contributed by atoms with E-state index in [1.54, 1.807) is 0 Å². The van der Waals surface area contributed by atoms with Gasteiger partial charge in [0.1, 0.15) is 5.76 Å². The van der Waals surface area contributed by atoms with Crippen LogP contribution in [0.15, 0.2) is 12.3 Å². The number of hydrogen-bond donors (Lipinski definition) is 0. The van der Waals surface area contributed by atoms with Gasteiger partial charge in [0.05, 0.1) is 17.8 Å². The minimum atomic E-state index is -2.49. The molecule has 2 aliphatic heterocycles. The lowest BCUT2D eigenvalue weighted by Crippen LogP contribution is -2.57. The second-order valence-corrected chi connectivity index (χ2v) is 25.9. The molecule has 35 heavy (non-hydrogen) atoms. The molecule has 6 fully saturated rings. The summed E-state index contributed by atoms with van der Waals surface area (Å²) in [6.07, 6.45) is 4.08. The fraction of sp³-hybridized carbons (Fsp3) is 0.800. The predicted octanol–water partition coefficient (Wildman–Crippen LogP) is 4.57. The number of allylic oxidation sites excluding steroid dienone is 1. The number of hydrogen-bond acceptors (Lipinski definition) is 7. The van der Waals surface area contributed by atoms with Crippen LogP contribution in [0.3, 0.4) is 0 Å². The Labute approximate surface area is 210 Å². The molecule has 7 nitrogen and oxygen atoms in total. The molecular formula is C25H38O7Si3. The van der Waals surface area contributed by atoms with Gasteiger partial charge in [-0.25, -0.2) is 0 Å². The molecule has 0 spiro atoms. The highest BCUT2D eigenvalue weighted by atomic mass is 28.5. The molecule has 0 aromatic heterocycles. The summed E-state index contributed by atoms with van der Waals surface area (Å²) in [5, 5.41) is 0. The molecule has 10 unspecified atom stereocenters. The number of carbonyl (C=O) groups is 3. The first-order chi connectivity index (χ1) is 16.2. The minimum Gasteiger partial charge on any atom is -0.436 e. The Hall–Kier alpha value is -1.08. The predicted molar refractivity (Wildman–Crippen MR) is 135 cm³/mol. The van der Waals surface area contributed by atoms with Gasteiger partial charge < -0.3 is 17.7 Å². The fourth-order valence-corrected chi connectivity index (χ4v) is 26.1. The zero-order valence-electron chi connectivity index (χ0n) is 21.7. The third-order valence-corrected chi connectivity index (χ3v) is 23.5. The van der Waals surface area contributed by atoms with Gasteiger partial charge in [-0.05, 0) is 99.7 Å². The van der Waals surface area contributed by atoms with Crippen LogP contribution in [0.5, 0.6) is 0 Å². The molecule has 0 aromatic carbocycles. The first-order valence-corrected chi connectivity index (χ1v) is 22.1. The van der Waals surface area contributed by atoms with Crippen LogP contribution < -0.4 is 0 Å². The molecule has 2 saturated heterocycles. The molecule has 4 saturated carbocycles. The van der Waals surface area contributed by atoms with Crippen molar-refractivity contribution in [2.24, 2.45) is 47.3 Å². The molecule has 10 heteroatoms. The van der Waals surface area contributed by atoms with Crippen LogP contribution in [-0.4, -0.2) is 43.1 Å². The van der Waals surface area contributed by atoms with Gasteiger partial charge >= 0.3 is 26.5 Å². The minimum absolute atomic E-state index is 0.0333. The molecular weight excluding hydrogens is 497 g/mol. The zero-order valence-corrected chi connectivity index (χ0v) is 24.7. The quantitative estimate of drug-likeness (QED) is 0.280. The van der Waals surface area contributed by atoms with E-state index < -0.39 is 25.2 Å². The Bertz CT molecular complexity index is 945. The molecule has 4 aliphatic carbocycles. The summed E-state index contributed by atoms with van der Waals surface area (Å²) in [6, 6.07) is 0. The third kappa shape index (κ3) is 3.49. The number of fused-ring (bicyclic) bond motifs is 10. The van der Waals surface area contributed by atoms with E-state index in [1.807, 2.05) is 0 Å². The Morgan fingerprint density at radius 3 is 1.63 bits per heavy atom. The van der Waals surface area contributed by atoms with E-state index in [2.05, 4.69) is 45.9 Å². The number of ether oxygens (including phenoxy) is 2. The number of rotatable bonds is 6. The van der Waals surface area contributed by atoms with Crippen LogP contribution in [0, 0.1) is 47.3 Å². The van der Waals surface area contributed by atoms with Crippen LogP contribution in [-0.2, 0) is 32.1 Å². The summed E-state index contributed by atoms with van der Waals surface area (Å²) in [7, 11) is -6.87. The Kier molecular flexibility index (Phi) is 5.19. The van der Waals surface area contributed by atoms with E-state index in [1.165, 1.54) is 0 Å². The Balaban J connectivity index is 1.15. The maximum Gasteiger partial charge on any atom is 0.317 e. The average Bonchev–Trinajstić information content (AvgIpc) is 3.51. The SMILES string of the molecule is C=C1OC(=O)C2C3CC(CC3[Si](C)(C)O[Si](C)(C)O[Si](C)(C)C3CC4CC3C3C(=O)OC(=O)C43)C12. The highest BCUT2D eigenvalue weighted by Gasteiger charge is 2.67. The molecule has 6 aliphatic rings. The molecule has 2 heterocycles. The van der Waals surface area contributed by atoms with E-state index >= 15 is 0 Å². The second-order valence-electron chi connectivity index (χ2n) is 13.5. The van der Waals surface area contributed by atoms with Crippen molar-refractivity contribution in [3.8, 4) is 0 Å². The van der Waals surface area contributed by atoms with Crippen molar-refractivity contribution in [1.29, 1.82) is 0 Å². The van der Waals surface area contributed by atoms with Crippen LogP contribution in [0.4, 0.5) is 0 Å². The third-order valence-electron chi connectivity index (χ3n) is 10.4.